The fourth-order valence-corrected chi connectivity index (χ4v) is 2.76. The number of nitrogens with one attached hydrogen (secondary N) is 1. The Morgan fingerprint density at radius 1 is 0.913 bits per heavy atom. The molecule has 0 fully saturated rings. The van der Waals surface area contributed by atoms with Crippen molar-refractivity contribution in [2.24, 2.45) is 0 Å². The quantitative estimate of drug-likeness (QED) is 0.719. The summed E-state index contributed by atoms with van der Waals surface area (Å²) in [7, 11) is 0. The molecule has 1 N–H and O–H groups in total. The van der Waals surface area contributed by atoms with Crippen LogP contribution in [0.5, 0.6) is 0 Å². The average molecular weight is 303 g/mol. The summed E-state index contributed by atoms with van der Waals surface area (Å²) >= 11 is 0. The zero-order chi connectivity index (χ0) is 16.2. The second-order valence-electron chi connectivity index (χ2n) is 5.99. The molecule has 0 atom stereocenters. The van der Waals surface area contributed by atoms with Crippen LogP contribution in [-0.4, -0.2) is 5.91 Å². The van der Waals surface area contributed by atoms with Gasteiger partial charge < -0.3 is 5.32 Å². The molecular formula is C21H21NO. The van der Waals surface area contributed by atoms with Crippen LogP contribution in [0.15, 0.2) is 60.7 Å². The number of hydrogen-bond acceptors (Lipinski definition) is 1. The molecule has 23 heavy (non-hydrogen) atoms. The first-order valence-corrected chi connectivity index (χ1v) is 7.97. The van der Waals surface area contributed by atoms with Crippen molar-refractivity contribution >= 4 is 22.4 Å². The van der Waals surface area contributed by atoms with Gasteiger partial charge in [0.05, 0.1) is 0 Å². The lowest BCUT2D eigenvalue weighted by Crippen LogP contribution is -2.12. The van der Waals surface area contributed by atoms with Gasteiger partial charge in [-0.1, -0.05) is 54.6 Å². The Morgan fingerprint density at radius 2 is 1.70 bits per heavy atom. The molecule has 0 saturated heterocycles. The third-order valence-corrected chi connectivity index (χ3v) is 4.28. The number of amides is 1. The number of fused-ring (bicyclic) bond motifs is 1. The summed E-state index contributed by atoms with van der Waals surface area (Å²) < 4.78 is 0. The van der Waals surface area contributed by atoms with Gasteiger partial charge in [0, 0.05) is 17.5 Å². The topological polar surface area (TPSA) is 29.1 Å². The van der Waals surface area contributed by atoms with Crippen molar-refractivity contribution in [2.45, 2.75) is 26.7 Å². The normalized spacial score (nSPS) is 10.7. The van der Waals surface area contributed by atoms with Crippen LogP contribution in [0.3, 0.4) is 0 Å². The lowest BCUT2D eigenvalue weighted by atomic mass is 10.0. The molecule has 0 aliphatic rings. The molecule has 2 nitrogen and oxygen atoms in total. The second-order valence-corrected chi connectivity index (χ2v) is 5.99. The Balaban J connectivity index is 1.68. The van der Waals surface area contributed by atoms with E-state index in [-0.39, 0.29) is 5.91 Å². The van der Waals surface area contributed by atoms with Crippen LogP contribution in [0, 0.1) is 13.8 Å². The molecule has 0 spiro atoms. The summed E-state index contributed by atoms with van der Waals surface area (Å²) in [6.07, 6.45) is 1.25. The Hall–Kier alpha value is -2.61. The van der Waals surface area contributed by atoms with Crippen molar-refractivity contribution in [3.05, 3.63) is 77.4 Å². The summed E-state index contributed by atoms with van der Waals surface area (Å²) in [5, 5.41) is 5.26. The van der Waals surface area contributed by atoms with Gasteiger partial charge >= 0.3 is 0 Å². The zero-order valence-electron chi connectivity index (χ0n) is 13.6. The highest BCUT2D eigenvalue weighted by atomic mass is 16.1. The fraction of sp³-hybridized carbons (Fsp3) is 0.190. The molecule has 3 rings (SSSR count). The van der Waals surface area contributed by atoms with Crippen molar-refractivity contribution < 1.29 is 4.79 Å². The molecule has 0 heterocycles. The summed E-state index contributed by atoms with van der Waals surface area (Å²) in [5.74, 6) is 0.0552. The Kier molecular flexibility index (Phi) is 4.42. The van der Waals surface area contributed by atoms with Crippen molar-refractivity contribution in [1.29, 1.82) is 0 Å². The highest BCUT2D eigenvalue weighted by molar-refractivity contribution is 6.02. The molecule has 0 bridgehead atoms. The number of carbonyl (C=O) groups is 1. The molecule has 0 aliphatic heterocycles. The Labute approximate surface area is 137 Å². The van der Waals surface area contributed by atoms with Gasteiger partial charge in [-0.3, -0.25) is 4.79 Å². The zero-order valence-corrected chi connectivity index (χ0v) is 13.6. The predicted octanol–water partition coefficient (Wildman–Crippen LogP) is 5.03. The summed E-state index contributed by atoms with van der Waals surface area (Å²) in [6, 6.07) is 20.5. The van der Waals surface area contributed by atoms with Crippen LogP contribution >= 0.6 is 0 Å². The minimum absolute atomic E-state index is 0.0552. The van der Waals surface area contributed by atoms with Crippen LogP contribution in [-0.2, 0) is 11.2 Å². The predicted molar refractivity (Wildman–Crippen MR) is 96.8 cm³/mol. The van der Waals surface area contributed by atoms with Crippen molar-refractivity contribution in [3.8, 4) is 0 Å². The van der Waals surface area contributed by atoms with Crippen LogP contribution in [0.1, 0.15) is 23.1 Å². The number of anilines is 1. The van der Waals surface area contributed by atoms with Gasteiger partial charge in [-0.05, 0) is 48.4 Å². The van der Waals surface area contributed by atoms with E-state index < -0.39 is 0 Å². The van der Waals surface area contributed by atoms with E-state index >= 15 is 0 Å². The Morgan fingerprint density at radius 3 is 2.52 bits per heavy atom. The minimum atomic E-state index is 0.0552. The van der Waals surface area contributed by atoms with Crippen molar-refractivity contribution in [1.82, 2.24) is 0 Å². The minimum Gasteiger partial charge on any atom is -0.326 e. The van der Waals surface area contributed by atoms with Gasteiger partial charge in [0.15, 0.2) is 0 Å². The van der Waals surface area contributed by atoms with E-state index in [0.717, 1.165) is 22.9 Å². The SMILES string of the molecule is Cc1ccc(CCC(=O)Nc2cccc3ccccc23)cc1C. The molecule has 2 heteroatoms. The van der Waals surface area contributed by atoms with Gasteiger partial charge in [-0.2, -0.15) is 0 Å². The van der Waals surface area contributed by atoms with Gasteiger partial charge in [-0.15, -0.1) is 0 Å². The van der Waals surface area contributed by atoms with Crippen LogP contribution < -0.4 is 5.32 Å². The third-order valence-electron chi connectivity index (χ3n) is 4.28. The van der Waals surface area contributed by atoms with Gasteiger partial charge in [0.25, 0.3) is 0 Å². The standard InChI is InChI=1S/C21H21NO/c1-15-10-11-17(14-16(15)2)12-13-21(23)22-20-9-5-7-18-6-3-4-8-19(18)20/h3-11,14H,12-13H2,1-2H3,(H,22,23). The first-order chi connectivity index (χ1) is 11.1. The molecule has 0 saturated carbocycles. The maximum Gasteiger partial charge on any atom is 0.224 e. The second kappa shape index (κ2) is 6.66. The first-order valence-electron chi connectivity index (χ1n) is 7.97. The number of carbonyl (C=O) groups excluding carboxylic acids is 1. The van der Waals surface area contributed by atoms with E-state index in [2.05, 4.69) is 49.5 Å². The molecule has 0 aliphatic carbocycles. The van der Waals surface area contributed by atoms with Crippen LogP contribution in [0.25, 0.3) is 10.8 Å². The maximum absolute atomic E-state index is 12.3. The molecule has 0 radical (unpaired) electrons. The highest BCUT2D eigenvalue weighted by Crippen LogP contribution is 2.23. The summed E-state index contributed by atoms with van der Waals surface area (Å²) in [4.78, 5) is 12.3. The monoisotopic (exact) mass is 303 g/mol. The van der Waals surface area contributed by atoms with E-state index in [1.165, 1.54) is 16.7 Å². The molecule has 1 amide bonds. The Bertz CT molecular complexity index is 846. The van der Waals surface area contributed by atoms with Gasteiger partial charge in [0.1, 0.15) is 0 Å². The molecule has 3 aromatic carbocycles. The lowest BCUT2D eigenvalue weighted by molar-refractivity contribution is -0.116. The smallest absolute Gasteiger partial charge is 0.224 e. The number of aryl methyl sites for hydroxylation is 3. The van der Waals surface area contributed by atoms with E-state index in [1.807, 2.05) is 30.3 Å². The third kappa shape index (κ3) is 3.59. The number of rotatable bonds is 4. The van der Waals surface area contributed by atoms with Crippen molar-refractivity contribution in [3.63, 3.8) is 0 Å². The van der Waals surface area contributed by atoms with E-state index in [4.69, 9.17) is 0 Å². The molecule has 0 unspecified atom stereocenters. The summed E-state index contributed by atoms with van der Waals surface area (Å²) in [6.45, 7) is 4.21. The van der Waals surface area contributed by atoms with Crippen molar-refractivity contribution in [2.75, 3.05) is 5.32 Å². The lowest BCUT2D eigenvalue weighted by Gasteiger charge is -2.09. The molecule has 3 aromatic rings. The fourth-order valence-electron chi connectivity index (χ4n) is 2.76. The van der Waals surface area contributed by atoms with Crippen LogP contribution in [0.4, 0.5) is 5.69 Å². The summed E-state index contributed by atoms with van der Waals surface area (Å²) in [5.41, 5.74) is 4.65. The van der Waals surface area contributed by atoms with E-state index in [0.29, 0.717) is 6.42 Å². The average Bonchev–Trinajstić information content (AvgIpc) is 2.56. The van der Waals surface area contributed by atoms with E-state index in [1.54, 1.807) is 0 Å². The van der Waals surface area contributed by atoms with Gasteiger partial charge in [0.2, 0.25) is 5.91 Å². The maximum atomic E-state index is 12.3. The van der Waals surface area contributed by atoms with E-state index in [9.17, 15) is 4.79 Å². The number of hydrogen-bond donors (Lipinski definition) is 1. The molecular weight excluding hydrogens is 282 g/mol. The largest absolute Gasteiger partial charge is 0.326 e. The van der Waals surface area contributed by atoms with Crippen LogP contribution in [0.2, 0.25) is 0 Å². The molecule has 0 aromatic heterocycles. The van der Waals surface area contributed by atoms with Gasteiger partial charge in [-0.25, -0.2) is 0 Å². The molecule has 116 valence electrons. The first kappa shape index (κ1) is 15.3. The highest BCUT2D eigenvalue weighted by Gasteiger charge is 2.06. The number of benzene rings is 3.